The van der Waals surface area contributed by atoms with Crippen LogP contribution in [0.2, 0.25) is 0 Å². The number of nitrogens with one attached hydrogen (secondary N) is 1. The molecule has 0 aromatic rings. The molecule has 1 N–H and O–H groups in total. The minimum absolute atomic E-state index is 0.790. The zero-order valence-corrected chi connectivity index (χ0v) is 9.99. The number of rotatable bonds is 4. The summed E-state index contributed by atoms with van der Waals surface area (Å²) in [5.74, 6) is 2.18. The van der Waals surface area contributed by atoms with E-state index in [9.17, 15) is 0 Å². The van der Waals surface area contributed by atoms with Gasteiger partial charge in [0.2, 0.25) is 0 Å². The van der Waals surface area contributed by atoms with Crippen LogP contribution in [0.3, 0.4) is 0 Å². The third-order valence-electron chi connectivity index (χ3n) is 2.70. The molecule has 0 radical (unpaired) electrons. The van der Waals surface area contributed by atoms with E-state index in [1.807, 2.05) is 0 Å². The molecular formula is C11H23NS. The molecule has 2 unspecified atom stereocenters. The number of hydrogen-bond donors (Lipinski definition) is 1. The van der Waals surface area contributed by atoms with Gasteiger partial charge in [-0.05, 0) is 38.0 Å². The standard InChI is InChI=1S/C11H23NS/c1-9(2)8-13-11-6-4-5-10(7-11)12-3/h9-12H,4-8H2,1-3H3. The molecule has 0 spiro atoms. The van der Waals surface area contributed by atoms with Crippen molar-refractivity contribution in [2.45, 2.75) is 50.8 Å². The summed E-state index contributed by atoms with van der Waals surface area (Å²) >= 11 is 2.18. The summed E-state index contributed by atoms with van der Waals surface area (Å²) in [5.41, 5.74) is 0. The molecule has 0 bridgehead atoms. The third kappa shape index (κ3) is 4.37. The van der Waals surface area contributed by atoms with Crippen LogP contribution < -0.4 is 5.32 Å². The highest BCUT2D eigenvalue weighted by Gasteiger charge is 2.20. The Kier molecular flexibility index (Phi) is 5.18. The van der Waals surface area contributed by atoms with E-state index in [2.05, 4.69) is 38.0 Å². The molecule has 0 aromatic heterocycles. The highest BCUT2D eigenvalue weighted by atomic mass is 32.2. The molecule has 0 aromatic carbocycles. The molecule has 13 heavy (non-hydrogen) atoms. The predicted octanol–water partition coefficient (Wildman–Crippen LogP) is 2.91. The molecule has 1 saturated carbocycles. The Balaban J connectivity index is 2.18. The lowest BCUT2D eigenvalue weighted by atomic mass is 9.95. The van der Waals surface area contributed by atoms with Gasteiger partial charge in [-0.2, -0.15) is 11.8 Å². The lowest BCUT2D eigenvalue weighted by Crippen LogP contribution is -2.32. The number of hydrogen-bond acceptors (Lipinski definition) is 2. The van der Waals surface area contributed by atoms with Gasteiger partial charge in [0.1, 0.15) is 0 Å². The van der Waals surface area contributed by atoms with Crippen molar-refractivity contribution in [2.24, 2.45) is 5.92 Å². The highest BCUT2D eigenvalue weighted by molar-refractivity contribution is 7.99. The van der Waals surface area contributed by atoms with E-state index in [1.54, 1.807) is 0 Å². The van der Waals surface area contributed by atoms with E-state index >= 15 is 0 Å². The predicted molar refractivity (Wildman–Crippen MR) is 62.4 cm³/mol. The maximum absolute atomic E-state index is 3.41. The van der Waals surface area contributed by atoms with Gasteiger partial charge in [0.15, 0.2) is 0 Å². The first-order valence-corrected chi connectivity index (χ1v) is 6.56. The highest BCUT2D eigenvalue weighted by Crippen LogP contribution is 2.29. The van der Waals surface area contributed by atoms with Crippen LogP contribution in [0.5, 0.6) is 0 Å². The Labute approximate surface area is 87.1 Å². The van der Waals surface area contributed by atoms with E-state index in [0.717, 1.165) is 17.2 Å². The second-order valence-corrected chi connectivity index (χ2v) is 5.83. The average Bonchev–Trinajstić information content (AvgIpc) is 2.15. The SMILES string of the molecule is CNC1CCCC(SCC(C)C)C1. The lowest BCUT2D eigenvalue weighted by Gasteiger charge is -2.28. The molecule has 2 heteroatoms. The van der Waals surface area contributed by atoms with Crippen molar-refractivity contribution in [1.82, 2.24) is 5.32 Å². The van der Waals surface area contributed by atoms with E-state index in [1.165, 1.54) is 31.4 Å². The summed E-state index contributed by atoms with van der Waals surface area (Å²) in [4.78, 5) is 0. The van der Waals surface area contributed by atoms with Gasteiger partial charge in [-0.1, -0.05) is 20.3 Å². The molecule has 1 fully saturated rings. The maximum Gasteiger partial charge on any atom is 0.00746 e. The first-order valence-electron chi connectivity index (χ1n) is 5.51. The number of thioether (sulfide) groups is 1. The fourth-order valence-corrected chi connectivity index (χ4v) is 3.25. The normalized spacial score (nSPS) is 29.5. The van der Waals surface area contributed by atoms with Gasteiger partial charge < -0.3 is 5.32 Å². The van der Waals surface area contributed by atoms with Gasteiger partial charge in [-0.25, -0.2) is 0 Å². The van der Waals surface area contributed by atoms with Crippen molar-refractivity contribution in [3.05, 3.63) is 0 Å². The Morgan fingerprint density at radius 2 is 2.15 bits per heavy atom. The fourth-order valence-electron chi connectivity index (χ4n) is 1.89. The van der Waals surface area contributed by atoms with Crippen molar-refractivity contribution in [1.29, 1.82) is 0 Å². The van der Waals surface area contributed by atoms with Crippen molar-refractivity contribution < 1.29 is 0 Å². The second-order valence-electron chi connectivity index (χ2n) is 4.50. The van der Waals surface area contributed by atoms with Crippen molar-refractivity contribution in [3.8, 4) is 0 Å². The van der Waals surface area contributed by atoms with E-state index in [-0.39, 0.29) is 0 Å². The topological polar surface area (TPSA) is 12.0 Å². The Hall–Kier alpha value is 0.310. The monoisotopic (exact) mass is 201 g/mol. The van der Waals surface area contributed by atoms with Gasteiger partial charge in [-0.3, -0.25) is 0 Å². The van der Waals surface area contributed by atoms with Crippen LogP contribution in [0.15, 0.2) is 0 Å². The summed E-state index contributed by atoms with van der Waals surface area (Å²) in [6.07, 6.45) is 5.62. The van der Waals surface area contributed by atoms with Gasteiger partial charge in [0.25, 0.3) is 0 Å². The Morgan fingerprint density at radius 1 is 1.38 bits per heavy atom. The molecule has 1 aliphatic rings. The van der Waals surface area contributed by atoms with Gasteiger partial charge in [-0.15, -0.1) is 0 Å². The van der Waals surface area contributed by atoms with E-state index < -0.39 is 0 Å². The zero-order chi connectivity index (χ0) is 9.68. The Morgan fingerprint density at radius 3 is 2.77 bits per heavy atom. The Bertz CT molecular complexity index is 136. The van der Waals surface area contributed by atoms with Gasteiger partial charge in [0.05, 0.1) is 0 Å². The summed E-state index contributed by atoms with van der Waals surface area (Å²) < 4.78 is 0. The zero-order valence-electron chi connectivity index (χ0n) is 9.18. The van der Waals surface area contributed by atoms with Crippen LogP contribution >= 0.6 is 11.8 Å². The third-order valence-corrected chi connectivity index (χ3v) is 4.46. The minimum atomic E-state index is 0.790. The molecule has 1 aliphatic carbocycles. The molecule has 1 nitrogen and oxygen atoms in total. The van der Waals surface area contributed by atoms with Gasteiger partial charge >= 0.3 is 0 Å². The maximum atomic E-state index is 3.41. The van der Waals surface area contributed by atoms with Crippen molar-refractivity contribution in [2.75, 3.05) is 12.8 Å². The molecule has 0 amide bonds. The first kappa shape index (κ1) is 11.4. The van der Waals surface area contributed by atoms with Crippen LogP contribution in [-0.2, 0) is 0 Å². The van der Waals surface area contributed by atoms with Crippen molar-refractivity contribution >= 4 is 11.8 Å². The van der Waals surface area contributed by atoms with Crippen LogP contribution in [0, 0.1) is 5.92 Å². The first-order chi connectivity index (χ1) is 6.22. The molecule has 0 saturated heterocycles. The molecule has 1 rings (SSSR count). The molecule has 2 atom stereocenters. The summed E-state index contributed by atoms with van der Waals surface area (Å²) in [6.45, 7) is 4.62. The minimum Gasteiger partial charge on any atom is -0.317 e. The fraction of sp³-hybridized carbons (Fsp3) is 1.00. The van der Waals surface area contributed by atoms with Gasteiger partial charge in [0, 0.05) is 11.3 Å². The molecule has 0 aliphatic heterocycles. The quantitative estimate of drug-likeness (QED) is 0.750. The van der Waals surface area contributed by atoms with Crippen molar-refractivity contribution in [3.63, 3.8) is 0 Å². The molecule has 78 valence electrons. The molecule has 0 heterocycles. The smallest absolute Gasteiger partial charge is 0.00746 e. The molecular weight excluding hydrogens is 178 g/mol. The average molecular weight is 201 g/mol. The van der Waals surface area contributed by atoms with Crippen LogP contribution in [0.1, 0.15) is 39.5 Å². The van der Waals surface area contributed by atoms with Crippen LogP contribution in [-0.4, -0.2) is 24.1 Å². The lowest BCUT2D eigenvalue weighted by molar-refractivity contribution is 0.402. The van der Waals surface area contributed by atoms with Crippen LogP contribution in [0.25, 0.3) is 0 Å². The van der Waals surface area contributed by atoms with E-state index in [4.69, 9.17) is 0 Å². The summed E-state index contributed by atoms with van der Waals surface area (Å²) in [6, 6.07) is 0.790. The second kappa shape index (κ2) is 5.92. The van der Waals surface area contributed by atoms with Crippen LogP contribution in [0.4, 0.5) is 0 Å². The largest absolute Gasteiger partial charge is 0.317 e. The van der Waals surface area contributed by atoms with E-state index in [0.29, 0.717) is 0 Å². The summed E-state index contributed by atoms with van der Waals surface area (Å²) in [7, 11) is 2.10. The summed E-state index contributed by atoms with van der Waals surface area (Å²) in [5, 5.41) is 4.33.